The van der Waals surface area contributed by atoms with E-state index in [-0.39, 0.29) is 17.0 Å². The number of nitrogen functional groups attached to an aromatic ring is 1. The number of hydrogen-bond acceptors (Lipinski definition) is 6. The molecule has 104 valence electrons. The number of hydrogen-bond donors (Lipinski definition) is 5. The molecule has 0 heterocycles. The first kappa shape index (κ1) is 16.0. The zero-order chi connectivity index (χ0) is 15.0. The number of aliphatic carboxylic acids is 1. The molecular weight excluding hydrogens is 260 g/mol. The lowest BCUT2D eigenvalue weighted by molar-refractivity contribution is -0.723. The van der Waals surface area contributed by atoms with Crippen molar-refractivity contribution in [2.24, 2.45) is 0 Å². The average molecular weight is 272 g/mol. The number of phenolic OH excluding ortho intramolecular Hbond substituents is 1. The minimum absolute atomic E-state index is 0.0787. The lowest BCUT2D eigenvalue weighted by atomic mass is 10.2. The average Bonchev–Trinajstić information content (AvgIpc) is 2.30. The van der Waals surface area contributed by atoms with Crippen LogP contribution in [0.15, 0.2) is 18.2 Å². The van der Waals surface area contributed by atoms with Gasteiger partial charge in [0.15, 0.2) is 0 Å². The predicted molar refractivity (Wildman–Crippen MR) is 63.2 cm³/mol. The van der Waals surface area contributed by atoms with Crippen LogP contribution in [0.4, 0.5) is 5.69 Å². The van der Waals surface area contributed by atoms with Crippen molar-refractivity contribution in [2.75, 3.05) is 5.73 Å². The second-order valence-corrected chi connectivity index (χ2v) is 3.13. The molecule has 0 aliphatic rings. The summed E-state index contributed by atoms with van der Waals surface area (Å²) in [5, 5.41) is 42.6. The van der Waals surface area contributed by atoms with E-state index in [0.29, 0.717) is 6.21 Å². The van der Waals surface area contributed by atoms with Gasteiger partial charge in [-0.25, -0.2) is 4.79 Å². The largest absolute Gasteiger partial charge is 0.506 e. The Kier molecular flexibility index (Phi) is 6.22. The molecule has 9 heteroatoms. The van der Waals surface area contributed by atoms with Gasteiger partial charge in [-0.3, -0.25) is 10.0 Å². The zero-order valence-electron chi connectivity index (χ0n) is 9.55. The van der Waals surface area contributed by atoms with Crippen LogP contribution in [0.3, 0.4) is 0 Å². The highest BCUT2D eigenvalue weighted by Crippen LogP contribution is 2.22. The quantitative estimate of drug-likeness (QED) is 0.129. The third kappa shape index (κ3) is 6.36. The number of para-hydroxylation sites is 1. The van der Waals surface area contributed by atoms with E-state index in [0.717, 1.165) is 0 Å². The van der Waals surface area contributed by atoms with Crippen molar-refractivity contribution in [1.29, 1.82) is 0 Å². The molecule has 0 saturated carbocycles. The molecule has 0 fully saturated rings. The topological polar surface area (TPSA) is 167 Å². The number of rotatable bonds is 3. The van der Waals surface area contributed by atoms with Crippen molar-refractivity contribution in [3.63, 3.8) is 0 Å². The van der Waals surface area contributed by atoms with E-state index in [4.69, 9.17) is 26.3 Å². The lowest BCUT2D eigenvalue weighted by Gasteiger charge is -2.00. The first-order valence-electron chi connectivity index (χ1n) is 4.76. The third-order valence-electron chi connectivity index (χ3n) is 1.74. The van der Waals surface area contributed by atoms with E-state index in [2.05, 4.69) is 0 Å². The molecule has 0 radical (unpaired) electrons. The van der Waals surface area contributed by atoms with Crippen molar-refractivity contribution in [1.82, 2.24) is 0 Å². The molecule has 0 aliphatic heterocycles. The molecule has 0 aliphatic carbocycles. The smallest absolute Gasteiger partial charge is 0.337 e. The van der Waals surface area contributed by atoms with E-state index < -0.39 is 23.3 Å². The molecule has 0 unspecified atom stereocenters. The van der Waals surface area contributed by atoms with Crippen molar-refractivity contribution < 1.29 is 35.0 Å². The van der Waals surface area contributed by atoms with Gasteiger partial charge in [-0.15, -0.1) is 0 Å². The van der Waals surface area contributed by atoms with Crippen LogP contribution < -0.4 is 5.73 Å². The first-order chi connectivity index (χ1) is 8.75. The maximum Gasteiger partial charge on any atom is 0.337 e. The Labute approximate surface area is 107 Å². The van der Waals surface area contributed by atoms with Crippen LogP contribution in [0.2, 0.25) is 0 Å². The summed E-state index contributed by atoms with van der Waals surface area (Å²) >= 11 is 0. The molecule has 19 heavy (non-hydrogen) atoms. The third-order valence-corrected chi connectivity index (χ3v) is 1.74. The fourth-order valence-electron chi connectivity index (χ4n) is 0.896. The molecule has 6 N–H and O–H groups in total. The summed E-state index contributed by atoms with van der Waals surface area (Å²) in [5.74, 6) is -2.50. The fraction of sp³-hybridized carbons (Fsp3) is 0.100. The minimum atomic E-state index is -1.15. The first-order valence-corrected chi connectivity index (χ1v) is 4.76. The van der Waals surface area contributed by atoms with Crippen LogP contribution in [-0.4, -0.2) is 43.6 Å². The van der Waals surface area contributed by atoms with Crippen LogP contribution in [0, 0.1) is 5.21 Å². The number of benzene rings is 1. The Bertz CT molecular complexity index is 495. The Hall–Kier alpha value is -2.97. The van der Waals surface area contributed by atoms with Crippen LogP contribution in [0.25, 0.3) is 0 Å². The van der Waals surface area contributed by atoms with Crippen molar-refractivity contribution in [3.05, 3.63) is 29.0 Å². The monoisotopic (exact) mass is 272 g/mol. The van der Waals surface area contributed by atoms with Gasteiger partial charge in [-0.05, 0) is 12.1 Å². The molecule has 1 aromatic carbocycles. The Morgan fingerprint density at radius 3 is 2.26 bits per heavy atom. The summed E-state index contributed by atoms with van der Waals surface area (Å²) in [6.07, 6.45) is 0.141. The number of carboxylic acid groups (broad SMARTS) is 2. The number of carbonyl (C=O) groups is 2. The molecule has 0 saturated heterocycles. The van der Waals surface area contributed by atoms with Crippen LogP contribution in [0.1, 0.15) is 16.8 Å². The lowest BCUT2D eigenvalue weighted by Crippen LogP contribution is -2.02. The maximum absolute atomic E-state index is 10.4. The summed E-state index contributed by atoms with van der Waals surface area (Å²) in [7, 11) is 0. The summed E-state index contributed by atoms with van der Waals surface area (Å²) in [5.41, 5.74) is 5.08. The highest BCUT2D eigenvalue weighted by Gasteiger charge is 2.09. The van der Waals surface area contributed by atoms with Gasteiger partial charge in [0, 0.05) is 4.90 Å². The molecule has 9 nitrogen and oxygen atoms in total. The summed E-state index contributed by atoms with van der Waals surface area (Å²) in [6.45, 7) is 0. The van der Waals surface area contributed by atoms with Crippen LogP contribution in [-0.2, 0) is 4.79 Å². The standard InChI is InChI=1S/C7H7NO3.C3H5NO4/c8-6-4(7(10)11)2-1-3-5(6)9;5-3(6)1-2-4(7)8/h1-3,9H,8H2,(H,10,11);2H,1H2,(H,5,6)(H,7,8). The molecule has 0 aromatic heterocycles. The predicted octanol–water partition coefficient (Wildman–Crippen LogP) is 0.104. The number of phenols is 1. The van der Waals surface area contributed by atoms with Gasteiger partial charge in [-0.1, -0.05) is 6.07 Å². The van der Waals surface area contributed by atoms with Crippen molar-refractivity contribution >= 4 is 23.8 Å². The molecule has 1 rings (SSSR count). The summed E-state index contributed by atoms with van der Waals surface area (Å²) < 4.78 is 0. The van der Waals surface area contributed by atoms with E-state index in [9.17, 15) is 14.8 Å². The SMILES string of the molecule is Nc1c(O)cccc1C(=O)O.O=C(O)CC=[N+]([O-])O. The molecular formula is C10H12N2O7. The second-order valence-electron chi connectivity index (χ2n) is 3.13. The number of aromatic hydroxyl groups is 1. The Balaban J connectivity index is 0.000000362. The highest BCUT2D eigenvalue weighted by molar-refractivity contribution is 5.95. The van der Waals surface area contributed by atoms with Crippen molar-refractivity contribution in [3.8, 4) is 5.75 Å². The second kappa shape index (κ2) is 7.37. The molecule has 0 bridgehead atoms. The maximum atomic E-state index is 10.4. The molecule has 0 atom stereocenters. The van der Waals surface area contributed by atoms with Crippen molar-refractivity contribution in [2.45, 2.75) is 6.42 Å². The van der Waals surface area contributed by atoms with E-state index in [1.807, 2.05) is 0 Å². The Morgan fingerprint density at radius 1 is 1.37 bits per heavy atom. The number of anilines is 1. The van der Waals surface area contributed by atoms with Crippen LogP contribution >= 0.6 is 0 Å². The molecule has 0 amide bonds. The van der Waals surface area contributed by atoms with Gasteiger partial charge in [0.25, 0.3) is 0 Å². The van der Waals surface area contributed by atoms with Gasteiger partial charge in [0.05, 0.1) is 11.3 Å². The number of aromatic carboxylic acids is 1. The zero-order valence-corrected chi connectivity index (χ0v) is 9.55. The minimum Gasteiger partial charge on any atom is -0.506 e. The number of nitrogens with two attached hydrogens (primary N) is 1. The van der Waals surface area contributed by atoms with Gasteiger partial charge in [0.2, 0.25) is 6.21 Å². The van der Waals surface area contributed by atoms with Crippen LogP contribution in [0.5, 0.6) is 5.75 Å². The summed E-state index contributed by atoms with van der Waals surface area (Å²) in [6, 6.07) is 4.09. The van der Waals surface area contributed by atoms with E-state index in [1.54, 1.807) is 0 Å². The fourth-order valence-corrected chi connectivity index (χ4v) is 0.896. The molecule has 1 aromatic rings. The Morgan fingerprint density at radius 2 is 1.95 bits per heavy atom. The highest BCUT2D eigenvalue weighted by atomic mass is 16.8. The summed E-state index contributed by atoms with van der Waals surface area (Å²) in [4.78, 5) is 19.4. The number of nitrogens with zero attached hydrogens (tertiary/aromatic N) is 1. The van der Waals surface area contributed by atoms with Gasteiger partial charge in [-0.2, -0.15) is 0 Å². The van der Waals surface area contributed by atoms with Gasteiger partial charge >= 0.3 is 11.9 Å². The normalized spacial score (nSPS) is 10.2. The van der Waals surface area contributed by atoms with Gasteiger partial charge in [0.1, 0.15) is 12.2 Å². The van der Waals surface area contributed by atoms with Gasteiger partial charge < -0.3 is 26.3 Å². The van der Waals surface area contributed by atoms with E-state index in [1.165, 1.54) is 18.2 Å². The van der Waals surface area contributed by atoms with E-state index >= 15 is 0 Å². The molecule has 0 spiro atoms. The number of carboxylic acids is 2.